The van der Waals surface area contributed by atoms with Crippen LogP contribution in [0.4, 0.5) is 17.5 Å². The van der Waals surface area contributed by atoms with Crippen LogP contribution in [0.3, 0.4) is 0 Å². The first-order valence-corrected chi connectivity index (χ1v) is 10.6. The average Bonchev–Trinajstić information content (AvgIpc) is 3.28. The molecular weight excluding hydrogens is 434 g/mol. The van der Waals surface area contributed by atoms with Gasteiger partial charge in [-0.3, -0.25) is 14.5 Å². The van der Waals surface area contributed by atoms with Gasteiger partial charge in [-0.1, -0.05) is 12.1 Å². The molecule has 1 aliphatic rings. The van der Waals surface area contributed by atoms with Crippen LogP contribution in [0.2, 0.25) is 0 Å². The minimum atomic E-state index is -0.322. The number of aromatic nitrogens is 4. The Kier molecular flexibility index (Phi) is 5.35. The number of hydrogen-bond donors (Lipinski definition) is 2. The molecule has 1 saturated heterocycles. The van der Waals surface area contributed by atoms with Crippen molar-refractivity contribution in [1.29, 1.82) is 5.26 Å². The second kappa shape index (κ2) is 8.63. The number of carbonyl (C=O) groups is 1. The van der Waals surface area contributed by atoms with E-state index in [1.54, 1.807) is 58.4 Å². The molecule has 4 aromatic rings. The van der Waals surface area contributed by atoms with E-state index in [4.69, 9.17) is 0 Å². The van der Waals surface area contributed by atoms with Crippen LogP contribution in [0.1, 0.15) is 24.0 Å². The van der Waals surface area contributed by atoms with E-state index in [1.807, 2.05) is 0 Å². The molecule has 5 rings (SSSR count). The van der Waals surface area contributed by atoms with Crippen molar-refractivity contribution in [2.24, 2.45) is 0 Å². The third-order valence-electron chi connectivity index (χ3n) is 5.62. The lowest BCUT2D eigenvalue weighted by molar-refractivity contribution is -0.117. The molecule has 3 aromatic heterocycles. The Balaban J connectivity index is 1.49. The van der Waals surface area contributed by atoms with Gasteiger partial charge in [-0.2, -0.15) is 5.26 Å². The van der Waals surface area contributed by atoms with Crippen LogP contribution in [-0.2, 0) is 11.3 Å². The summed E-state index contributed by atoms with van der Waals surface area (Å²) in [6.45, 7) is 0.865. The van der Waals surface area contributed by atoms with E-state index in [2.05, 4.69) is 26.3 Å². The first kappa shape index (κ1) is 21.1. The van der Waals surface area contributed by atoms with Gasteiger partial charge in [0.05, 0.1) is 35.7 Å². The maximum Gasteiger partial charge on any atom is 0.252 e. The highest BCUT2D eigenvalue weighted by Gasteiger charge is 2.23. The molecule has 10 nitrogen and oxygen atoms in total. The number of rotatable bonds is 5. The Morgan fingerprint density at radius 3 is 2.50 bits per heavy atom. The molecule has 1 fully saturated rings. The summed E-state index contributed by atoms with van der Waals surface area (Å²) in [6, 6.07) is 11.6. The summed E-state index contributed by atoms with van der Waals surface area (Å²) >= 11 is 0. The lowest BCUT2D eigenvalue weighted by Crippen LogP contribution is -2.25. The zero-order valence-corrected chi connectivity index (χ0v) is 18.0. The zero-order chi connectivity index (χ0) is 23.7. The molecule has 10 heteroatoms. The maximum atomic E-state index is 12.8. The second-order valence-corrected chi connectivity index (χ2v) is 7.89. The number of aromatic hydroxyl groups is 1. The number of nitrogens with zero attached hydrogens (tertiary/aromatic N) is 6. The molecule has 0 unspecified atom stereocenters. The van der Waals surface area contributed by atoms with Crippen molar-refractivity contribution in [2.75, 3.05) is 16.8 Å². The molecule has 0 bridgehead atoms. The van der Waals surface area contributed by atoms with Crippen molar-refractivity contribution in [1.82, 2.24) is 19.5 Å². The Morgan fingerprint density at radius 1 is 1.06 bits per heavy atom. The number of benzene rings is 1. The molecule has 1 aromatic carbocycles. The SMILES string of the molecule is N#Cc1cc(=O)n(Cc2ccc(O)cc2)c2cc(Nc3cnc(N4CCCC4=O)nc3)ncc12. The number of phenolic OH excluding ortho intramolecular Hbond substituents is 1. The van der Waals surface area contributed by atoms with Gasteiger partial charge in [-0.25, -0.2) is 15.0 Å². The van der Waals surface area contributed by atoms with E-state index in [-0.39, 0.29) is 29.3 Å². The summed E-state index contributed by atoms with van der Waals surface area (Å²) in [6.07, 6.45) is 5.96. The van der Waals surface area contributed by atoms with Crippen LogP contribution >= 0.6 is 0 Å². The van der Waals surface area contributed by atoms with E-state index < -0.39 is 0 Å². The van der Waals surface area contributed by atoms with Crippen LogP contribution in [0.5, 0.6) is 5.75 Å². The highest BCUT2D eigenvalue weighted by Crippen LogP contribution is 2.23. The average molecular weight is 453 g/mol. The number of carbonyl (C=O) groups excluding carboxylic acids is 1. The Labute approximate surface area is 193 Å². The third kappa shape index (κ3) is 4.02. The first-order chi connectivity index (χ1) is 16.5. The number of amides is 1. The summed E-state index contributed by atoms with van der Waals surface area (Å²) in [5.74, 6) is 0.951. The summed E-state index contributed by atoms with van der Waals surface area (Å²) in [5.41, 5.74) is 1.83. The highest BCUT2D eigenvalue weighted by atomic mass is 16.3. The molecule has 168 valence electrons. The van der Waals surface area contributed by atoms with E-state index in [0.717, 1.165) is 12.0 Å². The normalized spacial score (nSPS) is 13.3. The van der Waals surface area contributed by atoms with Crippen LogP contribution in [0, 0.1) is 11.3 Å². The third-order valence-corrected chi connectivity index (χ3v) is 5.62. The van der Waals surface area contributed by atoms with Gasteiger partial charge in [0, 0.05) is 36.7 Å². The standard InChI is InChI=1S/C24H19N7O3/c25-10-16-8-23(34)31(14-15-3-5-18(32)6-4-15)20-9-21(26-13-19(16)20)29-17-11-27-24(28-12-17)30-7-1-2-22(30)33/h3-6,8-9,11-13,32H,1-2,7,14H2,(H,26,29). The predicted octanol–water partition coefficient (Wildman–Crippen LogP) is 2.68. The van der Waals surface area contributed by atoms with E-state index in [9.17, 15) is 20.0 Å². The summed E-state index contributed by atoms with van der Waals surface area (Å²) < 4.78 is 1.55. The van der Waals surface area contributed by atoms with Crippen molar-refractivity contribution in [3.05, 3.63) is 76.5 Å². The van der Waals surface area contributed by atoms with Gasteiger partial charge < -0.3 is 15.0 Å². The molecule has 0 radical (unpaired) electrons. The van der Waals surface area contributed by atoms with Gasteiger partial charge in [0.2, 0.25) is 11.9 Å². The highest BCUT2D eigenvalue weighted by molar-refractivity contribution is 5.93. The number of nitrogens with one attached hydrogen (secondary N) is 1. The molecule has 1 amide bonds. The van der Waals surface area contributed by atoms with Crippen molar-refractivity contribution >= 4 is 34.3 Å². The van der Waals surface area contributed by atoms with Gasteiger partial charge in [0.1, 0.15) is 17.6 Å². The minimum absolute atomic E-state index is 0.0109. The molecule has 0 spiro atoms. The summed E-state index contributed by atoms with van der Waals surface area (Å²) in [5, 5.41) is 22.7. The zero-order valence-electron chi connectivity index (χ0n) is 18.0. The fraction of sp³-hybridized carbons (Fsp3) is 0.167. The lowest BCUT2D eigenvalue weighted by atomic mass is 10.1. The summed E-state index contributed by atoms with van der Waals surface area (Å²) in [7, 11) is 0. The molecule has 0 saturated carbocycles. The number of anilines is 3. The fourth-order valence-corrected chi connectivity index (χ4v) is 3.91. The quantitative estimate of drug-likeness (QED) is 0.471. The number of fused-ring (bicyclic) bond motifs is 1. The molecule has 4 heterocycles. The van der Waals surface area contributed by atoms with Crippen LogP contribution in [-0.4, -0.2) is 37.1 Å². The van der Waals surface area contributed by atoms with Crippen molar-refractivity contribution in [2.45, 2.75) is 19.4 Å². The number of hydrogen-bond acceptors (Lipinski definition) is 8. The monoisotopic (exact) mass is 453 g/mol. The van der Waals surface area contributed by atoms with E-state index >= 15 is 0 Å². The van der Waals surface area contributed by atoms with Crippen LogP contribution in [0.25, 0.3) is 10.9 Å². The second-order valence-electron chi connectivity index (χ2n) is 7.89. The van der Waals surface area contributed by atoms with Crippen LogP contribution < -0.4 is 15.8 Å². The Bertz CT molecular complexity index is 1490. The van der Waals surface area contributed by atoms with Crippen LogP contribution in [0.15, 0.2) is 59.8 Å². The van der Waals surface area contributed by atoms with Crippen molar-refractivity contribution in [3.8, 4) is 11.8 Å². The number of pyridine rings is 2. The molecule has 34 heavy (non-hydrogen) atoms. The molecular formula is C24H19N7O3. The largest absolute Gasteiger partial charge is 0.508 e. The molecule has 2 N–H and O–H groups in total. The lowest BCUT2D eigenvalue weighted by Gasteiger charge is -2.14. The summed E-state index contributed by atoms with van der Waals surface area (Å²) in [4.78, 5) is 39.2. The fourth-order valence-electron chi connectivity index (χ4n) is 3.91. The minimum Gasteiger partial charge on any atom is -0.508 e. The first-order valence-electron chi connectivity index (χ1n) is 10.6. The van der Waals surface area contributed by atoms with Gasteiger partial charge in [0.15, 0.2) is 0 Å². The Morgan fingerprint density at radius 2 is 1.82 bits per heavy atom. The number of phenols is 1. The van der Waals surface area contributed by atoms with E-state index in [1.165, 1.54) is 6.07 Å². The molecule has 1 aliphatic heterocycles. The van der Waals surface area contributed by atoms with E-state index in [0.29, 0.717) is 41.3 Å². The smallest absolute Gasteiger partial charge is 0.252 e. The predicted molar refractivity (Wildman–Crippen MR) is 125 cm³/mol. The molecule has 0 aliphatic carbocycles. The topological polar surface area (TPSA) is 137 Å². The Hall–Kier alpha value is -4.78. The molecule has 0 atom stereocenters. The number of nitriles is 1. The van der Waals surface area contributed by atoms with Crippen molar-refractivity contribution in [3.63, 3.8) is 0 Å². The van der Waals surface area contributed by atoms with Gasteiger partial charge >= 0.3 is 0 Å². The van der Waals surface area contributed by atoms with Crippen molar-refractivity contribution < 1.29 is 9.90 Å². The van der Waals surface area contributed by atoms with Gasteiger partial charge in [-0.05, 0) is 24.1 Å². The maximum absolute atomic E-state index is 12.8. The van der Waals surface area contributed by atoms with Gasteiger partial charge in [0.25, 0.3) is 5.56 Å². The van der Waals surface area contributed by atoms with Gasteiger partial charge in [-0.15, -0.1) is 0 Å².